The van der Waals surface area contributed by atoms with Gasteiger partial charge in [-0.2, -0.15) is 0 Å². The van der Waals surface area contributed by atoms with Crippen LogP contribution in [0.4, 0.5) is 11.4 Å². The largest absolute Gasteiger partial charge is 0.353 e. The fourth-order valence-electron chi connectivity index (χ4n) is 5.40. The van der Waals surface area contributed by atoms with Crippen molar-refractivity contribution in [1.29, 1.82) is 0 Å². The van der Waals surface area contributed by atoms with E-state index in [9.17, 15) is 14.4 Å². The van der Waals surface area contributed by atoms with Crippen molar-refractivity contribution in [3.63, 3.8) is 0 Å². The van der Waals surface area contributed by atoms with Gasteiger partial charge >= 0.3 is 0 Å². The third kappa shape index (κ3) is 3.24. The second-order valence-electron chi connectivity index (χ2n) is 10.0. The Labute approximate surface area is 203 Å². The Bertz CT molecular complexity index is 1230. The van der Waals surface area contributed by atoms with Crippen molar-refractivity contribution in [3.05, 3.63) is 64.1 Å². The fourth-order valence-corrected chi connectivity index (χ4v) is 5.70. The molecule has 0 N–H and O–H groups in total. The molecule has 0 saturated carbocycles. The van der Waals surface area contributed by atoms with Crippen molar-refractivity contribution in [2.24, 2.45) is 17.3 Å². The second kappa shape index (κ2) is 7.44. The van der Waals surface area contributed by atoms with Crippen molar-refractivity contribution >= 4 is 57.7 Å². The number of hydrogen-bond acceptors (Lipinski definition) is 4. The lowest BCUT2D eigenvalue weighted by Crippen LogP contribution is -2.51. The van der Waals surface area contributed by atoms with Gasteiger partial charge in [-0.1, -0.05) is 50.0 Å². The molecule has 5 rings (SSSR count). The lowest BCUT2D eigenvalue weighted by Gasteiger charge is -2.39. The molecule has 2 saturated heterocycles. The van der Waals surface area contributed by atoms with Gasteiger partial charge in [0.25, 0.3) is 0 Å². The zero-order valence-corrected chi connectivity index (χ0v) is 20.3. The lowest BCUT2D eigenvalue weighted by atomic mass is 9.79. The van der Waals surface area contributed by atoms with Gasteiger partial charge in [0.15, 0.2) is 5.78 Å². The molecule has 170 valence electrons. The first kappa shape index (κ1) is 22.2. The minimum absolute atomic E-state index is 0.0621. The van der Waals surface area contributed by atoms with E-state index in [0.717, 1.165) is 16.8 Å². The van der Waals surface area contributed by atoms with Gasteiger partial charge < -0.3 is 4.90 Å². The third-order valence-corrected chi connectivity index (χ3v) is 7.39. The molecule has 0 aliphatic carbocycles. The quantitative estimate of drug-likeness (QED) is 0.538. The maximum atomic E-state index is 13.8. The first-order valence-corrected chi connectivity index (χ1v) is 11.7. The number of ketones is 1. The van der Waals surface area contributed by atoms with Crippen LogP contribution in [0.5, 0.6) is 0 Å². The number of halogens is 2. The first-order valence-electron chi connectivity index (χ1n) is 10.9. The summed E-state index contributed by atoms with van der Waals surface area (Å²) in [7, 11) is 0. The predicted molar refractivity (Wildman–Crippen MR) is 131 cm³/mol. The third-order valence-electron chi connectivity index (χ3n) is 6.90. The molecule has 0 unspecified atom stereocenters. The summed E-state index contributed by atoms with van der Waals surface area (Å²) in [6, 6.07) is 11.0. The predicted octanol–water partition coefficient (Wildman–Crippen LogP) is 5.39. The Hall–Kier alpha value is -2.63. The van der Waals surface area contributed by atoms with Crippen molar-refractivity contribution < 1.29 is 14.4 Å². The van der Waals surface area contributed by atoms with Crippen LogP contribution >= 0.6 is 23.2 Å². The second-order valence-corrected chi connectivity index (χ2v) is 10.9. The van der Waals surface area contributed by atoms with Crippen LogP contribution in [0.25, 0.3) is 5.57 Å². The number of Topliss-reactive ketones (excluding diaryl/α,β-unsaturated/α-hetero) is 1. The van der Waals surface area contributed by atoms with E-state index in [1.807, 2.05) is 50.8 Å². The summed E-state index contributed by atoms with van der Waals surface area (Å²) in [6.45, 7) is 7.52. The van der Waals surface area contributed by atoms with E-state index >= 15 is 0 Å². The van der Waals surface area contributed by atoms with E-state index in [1.54, 1.807) is 30.3 Å². The highest BCUT2D eigenvalue weighted by atomic mass is 35.5. The molecule has 2 aromatic carbocycles. The highest BCUT2D eigenvalue weighted by Gasteiger charge is 2.65. The van der Waals surface area contributed by atoms with Gasteiger partial charge in [-0.15, -0.1) is 0 Å². The molecule has 0 aromatic heterocycles. The van der Waals surface area contributed by atoms with Gasteiger partial charge in [-0.25, -0.2) is 4.90 Å². The highest BCUT2D eigenvalue weighted by Crippen LogP contribution is 2.52. The van der Waals surface area contributed by atoms with Crippen LogP contribution in [0.1, 0.15) is 33.3 Å². The van der Waals surface area contributed by atoms with Gasteiger partial charge in [0.1, 0.15) is 6.04 Å². The highest BCUT2D eigenvalue weighted by molar-refractivity contribution is 6.31. The summed E-state index contributed by atoms with van der Waals surface area (Å²) in [5.74, 6) is -2.11. The van der Waals surface area contributed by atoms with Crippen LogP contribution in [0.2, 0.25) is 10.0 Å². The number of carbonyl (C=O) groups is 3. The molecule has 2 fully saturated rings. The molecule has 33 heavy (non-hydrogen) atoms. The zero-order chi connectivity index (χ0) is 23.8. The number of fused-ring (bicyclic) bond motifs is 5. The van der Waals surface area contributed by atoms with Crippen LogP contribution in [0.3, 0.4) is 0 Å². The standard InChI is InChI=1S/C26H24Cl2N2O3/c1-13-11-19-20-21(25(33)29(24(20)32)16-8-5-14(27)6-9-16)22(23(31)26(2,3)4)30(19)18-10-7-15(28)12-17(13)18/h5-12,19-22H,1-4H3/t19-,20-,21-,22+/m0/s1. The van der Waals surface area contributed by atoms with E-state index in [0.29, 0.717) is 15.7 Å². The number of nitrogens with zero attached hydrogens (tertiary/aromatic N) is 2. The summed E-state index contributed by atoms with van der Waals surface area (Å²) >= 11 is 12.3. The maximum Gasteiger partial charge on any atom is 0.240 e. The zero-order valence-electron chi connectivity index (χ0n) is 18.8. The topological polar surface area (TPSA) is 57.7 Å². The maximum absolute atomic E-state index is 13.8. The summed E-state index contributed by atoms with van der Waals surface area (Å²) in [5.41, 5.74) is 2.51. The average molecular weight is 483 g/mol. The van der Waals surface area contributed by atoms with Crippen molar-refractivity contribution in [3.8, 4) is 0 Å². The molecule has 3 heterocycles. The van der Waals surface area contributed by atoms with E-state index in [1.165, 1.54) is 4.90 Å². The number of allylic oxidation sites excluding steroid dienone is 1. The number of benzene rings is 2. The Morgan fingerprint density at radius 2 is 1.52 bits per heavy atom. The van der Waals surface area contributed by atoms with Crippen LogP contribution in [-0.2, 0) is 14.4 Å². The van der Waals surface area contributed by atoms with E-state index in [4.69, 9.17) is 23.2 Å². The summed E-state index contributed by atoms with van der Waals surface area (Å²) in [5, 5.41) is 1.12. The van der Waals surface area contributed by atoms with Gasteiger partial charge in [0, 0.05) is 26.7 Å². The Morgan fingerprint density at radius 3 is 2.15 bits per heavy atom. The van der Waals surface area contributed by atoms with Gasteiger partial charge in [0.05, 0.1) is 23.6 Å². The van der Waals surface area contributed by atoms with Gasteiger partial charge in [-0.3, -0.25) is 14.4 Å². The van der Waals surface area contributed by atoms with Crippen molar-refractivity contribution in [2.75, 3.05) is 9.80 Å². The molecule has 0 radical (unpaired) electrons. The fraction of sp³-hybridized carbons (Fsp3) is 0.346. The van der Waals surface area contributed by atoms with Gasteiger partial charge in [0.2, 0.25) is 11.8 Å². The molecule has 2 amide bonds. The molecular formula is C26H24Cl2N2O3. The van der Waals surface area contributed by atoms with E-state index in [-0.39, 0.29) is 17.6 Å². The molecule has 0 bridgehead atoms. The minimum atomic E-state index is -0.768. The molecular weight excluding hydrogens is 459 g/mol. The SMILES string of the molecule is CC1=C[C@H]2[C@@H]3C(=O)N(c4ccc(Cl)cc4)C(=O)[C@@H]3[C@H](C(=O)C(C)(C)C)N2c2ccc(Cl)cc21. The number of amides is 2. The summed E-state index contributed by atoms with van der Waals surface area (Å²) in [4.78, 5) is 44.5. The number of rotatable bonds is 2. The molecule has 3 aliphatic rings. The Morgan fingerprint density at radius 1 is 0.909 bits per heavy atom. The normalized spacial score (nSPS) is 26.2. The number of hydrogen-bond donors (Lipinski definition) is 0. The Kier molecular flexibility index (Phi) is 5.00. The number of anilines is 2. The molecule has 4 atom stereocenters. The smallest absolute Gasteiger partial charge is 0.240 e. The van der Waals surface area contributed by atoms with Crippen LogP contribution in [0.15, 0.2) is 48.5 Å². The van der Waals surface area contributed by atoms with E-state index in [2.05, 4.69) is 0 Å². The van der Waals surface area contributed by atoms with Crippen LogP contribution in [0, 0.1) is 17.3 Å². The first-order chi connectivity index (χ1) is 15.5. The van der Waals surface area contributed by atoms with Crippen molar-refractivity contribution in [1.82, 2.24) is 0 Å². The Balaban J connectivity index is 1.68. The monoisotopic (exact) mass is 482 g/mol. The van der Waals surface area contributed by atoms with E-state index < -0.39 is 29.3 Å². The van der Waals surface area contributed by atoms with Gasteiger partial charge in [-0.05, 0) is 55.0 Å². The molecule has 2 aromatic rings. The van der Waals surface area contributed by atoms with Crippen LogP contribution < -0.4 is 9.80 Å². The van der Waals surface area contributed by atoms with Crippen LogP contribution in [-0.4, -0.2) is 29.7 Å². The number of carbonyl (C=O) groups excluding carboxylic acids is 3. The summed E-state index contributed by atoms with van der Waals surface area (Å²) in [6.07, 6.45) is 2.00. The molecule has 5 nitrogen and oxygen atoms in total. The number of imide groups is 1. The average Bonchev–Trinajstić information content (AvgIpc) is 3.21. The molecule has 7 heteroatoms. The lowest BCUT2D eigenvalue weighted by molar-refractivity contribution is -0.132. The molecule has 3 aliphatic heterocycles. The minimum Gasteiger partial charge on any atom is -0.353 e. The van der Waals surface area contributed by atoms with Crippen molar-refractivity contribution in [2.45, 2.75) is 39.8 Å². The summed E-state index contributed by atoms with van der Waals surface area (Å²) < 4.78 is 0. The molecule has 0 spiro atoms.